The molecule has 0 aliphatic carbocycles. The van der Waals surface area contributed by atoms with Crippen molar-refractivity contribution >= 4 is 35.1 Å². The van der Waals surface area contributed by atoms with Crippen LogP contribution in [-0.4, -0.2) is 26.4 Å². The number of anilines is 1. The SMILES string of the molecule is Cc1cc(C)nc(Sc2ccc(NC(=O)c3cccnc3SC(F)(F)F)cc2)n1. The Morgan fingerprint density at radius 3 is 2.31 bits per heavy atom. The first kappa shape index (κ1) is 21.1. The summed E-state index contributed by atoms with van der Waals surface area (Å²) in [5.74, 6) is -0.664. The van der Waals surface area contributed by atoms with Gasteiger partial charge in [0.05, 0.1) is 5.56 Å². The number of aromatic nitrogens is 3. The first-order valence-electron chi connectivity index (χ1n) is 8.32. The summed E-state index contributed by atoms with van der Waals surface area (Å²) in [7, 11) is 0. The quantitative estimate of drug-likeness (QED) is 0.421. The first-order valence-corrected chi connectivity index (χ1v) is 9.95. The van der Waals surface area contributed by atoms with Gasteiger partial charge in [-0.2, -0.15) is 13.2 Å². The van der Waals surface area contributed by atoms with Crippen molar-refractivity contribution < 1.29 is 18.0 Å². The van der Waals surface area contributed by atoms with Crippen molar-refractivity contribution in [2.75, 3.05) is 5.32 Å². The maximum absolute atomic E-state index is 12.7. The summed E-state index contributed by atoms with van der Waals surface area (Å²) in [6, 6.07) is 11.5. The summed E-state index contributed by atoms with van der Waals surface area (Å²) in [6.45, 7) is 3.78. The van der Waals surface area contributed by atoms with Gasteiger partial charge in [0.2, 0.25) is 0 Å². The molecule has 0 radical (unpaired) electrons. The van der Waals surface area contributed by atoms with Crippen LogP contribution in [0.5, 0.6) is 0 Å². The van der Waals surface area contributed by atoms with Crippen molar-refractivity contribution in [2.45, 2.75) is 34.4 Å². The number of carbonyl (C=O) groups excluding carboxylic acids is 1. The van der Waals surface area contributed by atoms with Gasteiger partial charge in [0.15, 0.2) is 5.16 Å². The Balaban J connectivity index is 1.71. The fraction of sp³-hybridized carbons (Fsp3) is 0.158. The molecule has 3 rings (SSSR count). The molecule has 0 bridgehead atoms. The standard InChI is InChI=1S/C19H15F3N4OS2/c1-11-10-12(2)25-18(24-11)28-14-7-5-13(6-8-14)26-16(27)15-4-3-9-23-17(15)29-19(20,21)22/h3-10H,1-2H3,(H,26,27). The smallest absolute Gasteiger partial charge is 0.322 e. The molecule has 0 fully saturated rings. The number of hydrogen-bond acceptors (Lipinski definition) is 6. The van der Waals surface area contributed by atoms with E-state index in [4.69, 9.17) is 0 Å². The van der Waals surface area contributed by atoms with Crippen LogP contribution in [0.2, 0.25) is 0 Å². The van der Waals surface area contributed by atoms with Gasteiger partial charge in [-0.05, 0) is 68.1 Å². The van der Waals surface area contributed by atoms with Crippen LogP contribution in [0.25, 0.3) is 0 Å². The molecule has 0 saturated carbocycles. The van der Waals surface area contributed by atoms with Crippen LogP contribution in [0.4, 0.5) is 18.9 Å². The second-order valence-corrected chi connectivity index (χ2v) is 8.01. The molecule has 1 N–H and O–H groups in total. The van der Waals surface area contributed by atoms with E-state index in [1.165, 1.54) is 30.1 Å². The van der Waals surface area contributed by atoms with Gasteiger partial charge < -0.3 is 5.32 Å². The van der Waals surface area contributed by atoms with Crippen molar-refractivity contribution in [3.05, 3.63) is 65.6 Å². The zero-order chi connectivity index (χ0) is 21.0. The lowest BCUT2D eigenvalue weighted by Gasteiger charge is -2.10. The summed E-state index contributed by atoms with van der Waals surface area (Å²) >= 11 is 0.958. The molecule has 1 amide bonds. The molecule has 0 spiro atoms. The number of halogens is 3. The number of thioether (sulfide) groups is 1. The van der Waals surface area contributed by atoms with Crippen molar-refractivity contribution in [1.82, 2.24) is 15.0 Å². The van der Waals surface area contributed by atoms with Gasteiger partial charge in [0, 0.05) is 39.9 Å². The van der Waals surface area contributed by atoms with Gasteiger partial charge in [-0.3, -0.25) is 4.79 Å². The zero-order valence-corrected chi connectivity index (χ0v) is 17.0. The van der Waals surface area contributed by atoms with Crippen molar-refractivity contribution in [1.29, 1.82) is 0 Å². The molecule has 2 aromatic heterocycles. The number of aryl methyl sites for hydroxylation is 2. The zero-order valence-electron chi connectivity index (χ0n) is 15.3. The van der Waals surface area contributed by atoms with Crippen LogP contribution < -0.4 is 5.32 Å². The Morgan fingerprint density at radius 2 is 1.69 bits per heavy atom. The maximum atomic E-state index is 12.7. The number of amides is 1. The molecule has 3 aromatic rings. The predicted molar refractivity (Wildman–Crippen MR) is 106 cm³/mol. The van der Waals surface area contributed by atoms with Crippen LogP contribution in [0.15, 0.2) is 63.7 Å². The minimum atomic E-state index is -4.53. The number of nitrogens with zero attached hydrogens (tertiary/aromatic N) is 3. The number of carbonyl (C=O) groups is 1. The third-order valence-electron chi connectivity index (χ3n) is 3.51. The number of hydrogen-bond donors (Lipinski definition) is 1. The summed E-state index contributed by atoms with van der Waals surface area (Å²) < 4.78 is 38.0. The van der Waals surface area contributed by atoms with Gasteiger partial charge in [-0.15, -0.1) is 0 Å². The van der Waals surface area contributed by atoms with Gasteiger partial charge in [0.25, 0.3) is 5.91 Å². The fourth-order valence-corrected chi connectivity index (χ4v) is 3.87. The van der Waals surface area contributed by atoms with Crippen LogP contribution in [0.3, 0.4) is 0 Å². The van der Waals surface area contributed by atoms with Crippen LogP contribution in [-0.2, 0) is 0 Å². The molecular formula is C19H15F3N4OS2. The lowest BCUT2D eigenvalue weighted by atomic mass is 10.2. The lowest BCUT2D eigenvalue weighted by molar-refractivity contribution is -0.0329. The number of pyridine rings is 1. The number of rotatable bonds is 5. The maximum Gasteiger partial charge on any atom is 0.447 e. The molecule has 0 atom stereocenters. The normalized spacial score (nSPS) is 11.3. The number of benzene rings is 1. The monoisotopic (exact) mass is 436 g/mol. The van der Waals surface area contributed by atoms with Gasteiger partial charge in [-0.1, -0.05) is 0 Å². The number of nitrogens with one attached hydrogen (secondary N) is 1. The highest BCUT2D eigenvalue weighted by molar-refractivity contribution is 8.00. The average Bonchev–Trinajstić information content (AvgIpc) is 2.61. The fourth-order valence-electron chi connectivity index (χ4n) is 2.40. The predicted octanol–water partition coefficient (Wildman–Crippen LogP) is 5.50. The molecule has 1 aromatic carbocycles. The van der Waals surface area contributed by atoms with E-state index in [9.17, 15) is 18.0 Å². The third-order valence-corrected chi connectivity index (χ3v) is 5.13. The van der Waals surface area contributed by atoms with Crippen molar-refractivity contribution in [3.8, 4) is 0 Å². The molecule has 10 heteroatoms. The molecule has 29 heavy (non-hydrogen) atoms. The van der Waals surface area contributed by atoms with Crippen LogP contribution >= 0.6 is 23.5 Å². The summed E-state index contributed by atoms with van der Waals surface area (Å²) in [6.07, 6.45) is 1.21. The van der Waals surface area contributed by atoms with Gasteiger partial charge >= 0.3 is 5.51 Å². The Hall–Kier alpha value is -2.59. The van der Waals surface area contributed by atoms with Crippen molar-refractivity contribution in [3.63, 3.8) is 0 Å². The van der Waals surface area contributed by atoms with E-state index in [0.29, 0.717) is 10.8 Å². The minimum absolute atomic E-state index is 0.142. The van der Waals surface area contributed by atoms with E-state index in [1.807, 2.05) is 19.9 Å². The summed E-state index contributed by atoms with van der Waals surface area (Å²) in [4.78, 5) is 25.7. The first-order chi connectivity index (χ1) is 13.7. The topological polar surface area (TPSA) is 67.8 Å². The lowest BCUT2D eigenvalue weighted by Crippen LogP contribution is -2.14. The molecular weight excluding hydrogens is 421 g/mol. The van der Waals surface area contributed by atoms with Crippen LogP contribution in [0.1, 0.15) is 21.7 Å². The Morgan fingerprint density at radius 1 is 1.03 bits per heavy atom. The Kier molecular flexibility index (Phi) is 6.43. The highest BCUT2D eigenvalue weighted by Crippen LogP contribution is 2.37. The second kappa shape index (κ2) is 8.83. The third kappa shape index (κ3) is 6.20. The summed E-state index contributed by atoms with van der Waals surface area (Å²) in [5.41, 5.74) is -2.48. The highest BCUT2D eigenvalue weighted by Gasteiger charge is 2.32. The molecule has 150 valence electrons. The highest BCUT2D eigenvalue weighted by atomic mass is 32.2. The molecule has 0 saturated heterocycles. The van der Waals surface area contributed by atoms with E-state index >= 15 is 0 Å². The Bertz CT molecular complexity index is 1010. The summed E-state index contributed by atoms with van der Waals surface area (Å²) in [5, 5.41) is 2.82. The second-order valence-electron chi connectivity index (χ2n) is 5.92. The van der Waals surface area contributed by atoms with E-state index in [1.54, 1.807) is 24.3 Å². The van der Waals surface area contributed by atoms with Crippen molar-refractivity contribution in [2.24, 2.45) is 0 Å². The van der Waals surface area contributed by atoms with Gasteiger partial charge in [-0.25, -0.2) is 15.0 Å². The molecule has 0 aliphatic rings. The largest absolute Gasteiger partial charge is 0.447 e. The minimum Gasteiger partial charge on any atom is -0.322 e. The number of alkyl halides is 3. The van der Waals surface area contributed by atoms with Crippen LogP contribution in [0, 0.1) is 13.8 Å². The van der Waals surface area contributed by atoms with E-state index < -0.39 is 28.2 Å². The Labute approximate surface area is 173 Å². The average molecular weight is 436 g/mol. The van der Waals surface area contributed by atoms with E-state index in [-0.39, 0.29) is 5.56 Å². The van der Waals surface area contributed by atoms with E-state index in [0.717, 1.165) is 16.3 Å². The molecule has 0 unspecified atom stereocenters. The molecule has 0 aliphatic heterocycles. The van der Waals surface area contributed by atoms with E-state index in [2.05, 4.69) is 20.3 Å². The molecule has 5 nitrogen and oxygen atoms in total. The van der Waals surface area contributed by atoms with Gasteiger partial charge in [0.1, 0.15) is 5.03 Å². The molecule has 2 heterocycles.